The van der Waals surface area contributed by atoms with Gasteiger partial charge in [0.1, 0.15) is 5.03 Å². The molecule has 2 rings (SSSR count). The first kappa shape index (κ1) is 14.4. The Balaban J connectivity index is 2.28. The van der Waals surface area contributed by atoms with E-state index in [2.05, 4.69) is 4.98 Å². The van der Waals surface area contributed by atoms with Crippen molar-refractivity contribution in [2.24, 2.45) is 0 Å². The highest BCUT2D eigenvalue weighted by molar-refractivity contribution is 7.99. The number of carboxylic acid groups (broad SMARTS) is 1. The average Bonchev–Trinajstić information content (AvgIpc) is 2.38. The molecule has 0 fully saturated rings. The minimum Gasteiger partial charge on any atom is -0.478 e. The van der Waals surface area contributed by atoms with Gasteiger partial charge in [-0.3, -0.25) is 0 Å². The smallest absolute Gasteiger partial charge is 0.419 e. The van der Waals surface area contributed by atoms with E-state index in [1.54, 1.807) is 0 Å². The quantitative estimate of drug-likeness (QED) is 0.932. The lowest BCUT2D eigenvalue weighted by atomic mass is 10.2. The highest BCUT2D eigenvalue weighted by atomic mass is 32.2. The van der Waals surface area contributed by atoms with Gasteiger partial charge in [0.25, 0.3) is 0 Å². The highest BCUT2D eigenvalue weighted by Gasteiger charge is 2.34. The van der Waals surface area contributed by atoms with E-state index in [1.165, 1.54) is 36.5 Å². The van der Waals surface area contributed by atoms with Gasteiger partial charge in [0.2, 0.25) is 0 Å². The molecule has 0 unspecified atom stereocenters. The number of aromatic carboxylic acids is 1. The Kier molecular flexibility index (Phi) is 3.99. The molecule has 0 spiro atoms. The fraction of sp³-hybridized carbons (Fsp3) is 0.0769. The van der Waals surface area contributed by atoms with Gasteiger partial charge in [0.15, 0.2) is 0 Å². The normalized spacial score (nSPS) is 11.3. The molecule has 2 aromatic rings. The van der Waals surface area contributed by atoms with Gasteiger partial charge in [0.05, 0.1) is 11.1 Å². The van der Waals surface area contributed by atoms with E-state index in [0.717, 1.165) is 17.8 Å². The Morgan fingerprint density at radius 1 is 1.15 bits per heavy atom. The minimum absolute atomic E-state index is 0.0754. The van der Waals surface area contributed by atoms with Crippen LogP contribution < -0.4 is 0 Å². The Labute approximate surface area is 116 Å². The predicted molar refractivity (Wildman–Crippen MR) is 66.8 cm³/mol. The lowest BCUT2D eigenvalue weighted by molar-refractivity contribution is -0.140. The molecule has 3 nitrogen and oxygen atoms in total. The zero-order valence-corrected chi connectivity index (χ0v) is 10.7. The monoisotopic (exact) mass is 299 g/mol. The number of hydrogen-bond donors (Lipinski definition) is 1. The van der Waals surface area contributed by atoms with Gasteiger partial charge in [-0.25, -0.2) is 9.78 Å². The first-order valence-corrected chi connectivity index (χ1v) is 6.23. The number of carboxylic acids is 1. The number of rotatable bonds is 3. The topological polar surface area (TPSA) is 50.2 Å². The fourth-order valence-corrected chi connectivity index (χ4v) is 2.37. The largest absolute Gasteiger partial charge is 0.478 e. The van der Waals surface area contributed by atoms with Crippen LogP contribution in [-0.4, -0.2) is 16.1 Å². The van der Waals surface area contributed by atoms with Gasteiger partial charge in [-0.2, -0.15) is 13.2 Å². The zero-order chi connectivity index (χ0) is 14.8. The van der Waals surface area contributed by atoms with Crippen molar-refractivity contribution >= 4 is 17.7 Å². The lowest BCUT2D eigenvalue weighted by Crippen LogP contribution is -2.07. The first-order valence-electron chi connectivity index (χ1n) is 5.41. The fourth-order valence-electron chi connectivity index (χ4n) is 1.47. The maximum absolute atomic E-state index is 12.8. The summed E-state index contributed by atoms with van der Waals surface area (Å²) in [4.78, 5) is 14.9. The maximum atomic E-state index is 12.8. The number of aromatic nitrogens is 1. The summed E-state index contributed by atoms with van der Waals surface area (Å²) in [5.41, 5.74) is -0.737. The van der Waals surface area contributed by atoms with E-state index >= 15 is 0 Å². The van der Waals surface area contributed by atoms with E-state index in [9.17, 15) is 18.0 Å². The molecule has 1 heterocycles. The minimum atomic E-state index is -4.47. The molecule has 0 saturated heterocycles. The highest BCUT2D eigenvalue weighted by Crippen LogP contribution is 2.37. The van der Waals surface area contributed by atoms with Crippen molar-refractivity contribution in [1.82, 2.24) is 4.98 Å². The number of hydrogen-bond acceptors (Lipinski definition) is 3. The molecule has 0 aliphatic carbocycles. The predicted octanol–water partition coefficient (Wildman–Crippen LogP) is 3.95. The molecule has 0 amide bonds. The molecule has 20 heavy (non-hydrogen) atoms. The third kappa shape index (κ3) is 3.30. The summed E-state index contributed by atoms with van der Waals surface area (Å²) < 4.78 is 38.4. The van der Waals surface area contributed by atoms with Crippen LogP contribution in [0.4, 0.5) is 13.2 Å². The maximum Gasteiger partial charge on any atom is 0.419 e. The van der Waals surface area contributed by atoms with Crippen molar-refractivity contribution in [2.75, 3.05) is 0 Å². The van der Waals surface area contributed by atoms with Gasteiger partial charge >= 0.3 is 12.1 Å². The standard InChI is InChI=1S/C13H8F3NO2S/c14-13(15,16)10-2-1-7-17-11(10)20-9-5-3-8(4-6-9)12(18)19/h1-7H,(H,18,19). The van der Waals surface area contributed by atoms with E-state index in [4.69, 9.17) is 5.11 Å². The molecule has 0 aliphatic heterocycles. The number of benzene rings is 1. The van der Waals surface area contributed by atoms with Crippen LogP contribution in [-0.2, 0) is 6.18 Å². The Morgan fingerprint density at radius 3 is 2.35 bits per heavy atom. The molecule has 1 aromatic heterocycles. The van der Waals surface area contributed by atoms with Crippen LogP contribution in [0.15, 0.2) is 52.5 Å². The van der Waals surface area contributed by atoms with Gasteiger partial charge < -0.3 is 5.11 Å². The summed E-state index contributed by atoms with van der Waals surface area (Å²) in [6, 6.07) is 7.75. The molecule has 0 bridgehead atoms. The second kappa shape index (κ2) is 5.54. The van der Waals surface area contributed by atoms with Crippen LogP contribution in [0.5, 0.6) is 0 Å². The Bertz CT molecular complexity index is 626. The second-order valence-electron chi connectivity index (χ2n) is 3.79. The van der Waals surface area contributed by atoms with Crippen LogP contribution >= 0.6 is 11.8 Å². The number of carbonyl (C=O) groups is 1. The van der Waals surface area contributed by atoms with Gasteiger partial charge in [-0.15, -0.1) is 0 Å². The zero-order valence-electron chi connectivity index (χ0n) is 9.89. The molecule has 0 radical (unpaired) electrons. The second-order valence-corrected chi connectivity index (χ2v) is 4.85. The van der Waals surface area contributed by atoms with E-state index in [-0.39, 0.29) is 10.6 Å². The SMILES string of the molecule is O=C(O)c1ccc(Sc2ncccc2C(F)(F)F)cc1. The van der Waals surface area contributed by atoms with Crippen LogP contribution in [0.2, 0.25) is 0 Å². The summed E-state index contributed by atoms with van der Waals surface area (Å²) in [5.74, 6) is -1.09. The molecule has 7 heteroatoms. The summed E-state index contributed by atoms with van der Waals surface area (Å²) in [5, 5.41) is 8.58. The molecule has 0 saturated carbocycles. The number of nitrogens with zero attached hydrogens (tertiary/aromatic N) is 1. The summed E-state index contributed by atoms with van der Waals surface area (Å²) in [7, 11) is 0. The first-order chi connectivity index (χ1) is 9.38. The summed E-state index contributed by atoms with van der Waals surface area (Å²) in [6.45, 7) is 0. The molecular formula is C13H8F3NO2S. The van der Waals surface area contributed by atoms with Crippen LogP contribution in [0, 0.1) is 0 Å². The van der Waals surface area contributed by atoms with Crippen molar-refractivity contribution in [2.45, 2.75) is 16.1 Å². The van der Waals surface area contributed by atoms with Crippen LogP contribution in [0.1, 0.15) is 15.9 Å². The summed E-state index contributed by atoms with van der Waals surface area (Å²) in [6.07, 6.45) is -3.19. The number of halogens is 3. The van der Waals surface area contributed by atoms with E-state index < -0.39 is 17.7 Å². The molecule has 0 atom stereocenters. The van der Waals surface area contributed by atoms with Gasteiger partial charge in [0, 0.05) is 11.1 Å². The number of alkyl halides is 3. The van der Waals surface area contributed by atoms with E-state index in [1.807, 2.05) is 0 Å². The molecule has 0 aliphatic rings. The van der Waals surface area contributed by atoms with E-state index in [0.29, 0.717) is 4.90 Å². The van der Waals surface area contributed by atoms with Crippen molar-refractivity contribution in [1.29, 1.82) is 0 Å². The van der Waals surface area contributed by atoms with Crippen molar-refractivity contribution < 1.29 is 23.1 Å². The van der Waals surface area contributed by atoms with Gasteiger partial charge in [-0.05, 0) is 36.4 Å². The average molecular weight is 299 g/mol. The Morgan fingerprint density at radius 2 is 1.80 bits per heavy atom. The van der Waals surface area contributed by atoms with Crippen LogP contribution in [0.25, 0.3) is 0 Å². The Hall–Kier alpha value is -2.02. The van der Waals surface area contributed by atoms with Crippen molar-refractivity contribution in [3.63, 3.8) is 0 Å². The summed E-state index contributed by atoms with van der Waals surface area (Å²) >= 11 is 0.837. The number of pyridine rings is 1. The van der Waals surface area contributed by atoms with Crippen LogP contribution in [0.3, 0.4) is 0 Å². The lowest BCUT2D eigenvalue weighted by Gasteiger charge is -2.10. The van der Waals surface area contributed by atoms with Gasteiger partial charge in [-0.1, -0.05) is 11.8 Å². The van der Waals surface area contributed by atoms with Crippen molar-refractivity contribution in [3.8, 4) is 0 Å². The van der Waals surface area contributed by atoms with Crippen molar-refractivity contribution in [3.05, 3.63) is 53.7 Å². The third-order valence-corrected chi connectivity index (χ3v) is 3.42. The molecular weight excluding hydrogens is 291 g/mol. The molecule has 104 valence electrons. The molecule has 1 N–H and O–H groups in total. The molecule has 1 aromatic carbocycles. The third-order valence-electron chi connectivity index (χ3n) is 2.39.